The quantitative estimate of drug-likeness (QED) is 0.927. The highest BCUT2D eigenvalue weighted by Crippen LogP contribution is 2.12. The number of carbonyl (C=O) groups is 2. The molecule has 0 aliphatic rings. The Labute approximate surface area is 125 Å². The van der Waals surface area contributed by atoms with E-state index in [1.54, 1.807) is 19.9 Å². The van der Waals surface area contributed by atoms with Crippen LogP contribution in [0.5, 0.6) is 0 Å². The first-order chi connectivity index (χ1) is 9.64. The van der Waals surface area contributed by atoms with Crippen molar-refractivity contribution in [2.45, 2.75) is 40.2 Å². The SMILES string of the molecule is CCN(CC(=O)NC(C)(C)C)C(=O)c1ccc(C)cc1F. The average Bonchev–Trinajstić information content (AvgIpc) is 2.33. The molecule has 0 atom stereocenters. The molecule has 0 spiro atoms. The van der Waals surface area contributed by atoms with Gasteiger partial charge in [0.1, 0.15) is 5.82 Å². The van der Waals surface area contributed by atoms with Crippen molar-refractivity contribution in [3.63, 3.8) is 0 Å². The zero-order chi connectivity index (χ0) is 16.2. The number of amides is 2. The van der Waals surface area contributed by atoms with Gasteiger partial charge < -0.3 is 10.2 Å². The van der Waals surface area contributed by atoms with E-state index in [1.807, 2.05) is 20.8 Å². The van der Waals surface area contributed by atoms with Gasteiger partial charge in [-0.1, -0.05) is 6.07 Å². The molecular weight excluding hydrogens is 271 g/mol. The largest absolute Gasteiger partial charge is 0.350 e. The molecule has 4 nitrogen and oxygen atoms in total. The normalized spacial score (nSPS) is 11.1. The third-order valence-corrected chi connectivity index (χ3v) is 2.87. The molecule has 0 heterocycles. The lowest BCUT2D eigenvalue weighted by molar-refractivity contribution is -0.123. The highest BCUT2D eigenvalue weighted by molar-refractivity contribution is 5.96. The Bertz CT molecular complexity index is 536. The monoisotopic (exact) mass is 294 g/mol. The second-order valence-electron chi connectivity index (χ2n) is 6.10. The Morgan fingerprint density at radius 3 is 2.38 bits per heavy atom. The highest BCUT2D eigenvalue weighted by Gasteiger charge is 2.22. The van der Waals surface area contributed by atoms with E-state index < -0.39 is 11.7 Å². The maximum Gasteiger partial charge on any atom is 0.257 e. The average molecular weight is 294 g/mol. The van der Waals surface area contributed by atoms with Crippen molar-refractivity contribution in [1.82, 2.24) is 10.2 Å². The van der Waals surface area contributed by atoms with Gasteiger partial charge in [0, 0.05) is 12.1 Å². The van der Waals surface area contributed by atoms with Gasteiger partial charge in [-0.3, -0.25) is 9.59 Å². The summed E-state index contributed by atoms with van der Waals surface area (Å²) in [5, 5.41) is 2.79. The second-order valence-corrected chi connectivity index (χ2v) is 6.10. The molecule has 2 amide bonds. The number of aryl methyl sites for hydroxylation is 1. The third-order valence-electron chi connectivity index (χ3n) is 2.87. The fourth-order valence-electron chi connectivity index (χ4n) is 1.92. The summed E-state index contributed by atoms with van der Waals surface area (Å²) in [6, 6.07) is 4.45. The van der Waals surface area contributed by atoms with Gasteiger partial charge in [-0.25, -0.2) is 4.39 Å². The number of hydrogen-bond acceptors (Lipinski definition) is 2. The Morgan fingerprint density at radius 1 is 1.29 bits per heavy atom. The molecule has 1 aromatic carbocycles. The van der Waals surface area contributed by atoms with Gasteiger partial charge in [-0.2, -0.15) is 0 Å². The summed E-state index contributed by atoms with van der Waals surface area (Å²) >= 11 is 0. The number of carbonyl (C=O) groups excluding carboxylic acids is 2. The third kappa shape index (κ3) is 5.17. The summed E-state index contributed by atoms with van der Waals surface area (Å²) in [4.78, 5) is 25.5. The van der Waals surface area contributed by atoms with Crippen molar-refractivity contribution in [3.05, 3.63) is 35.1 Å². The van der Waals surface area contributed by atoms with Crippen LogP contribution >= 0.6 is 0 Å². The molecule has 1 aromatic rings. The molecule has 0 bridgehead atoms. The predicted molar refractivity (Wildman–Crippen MR) is 80.6 cm³/mol. The van der Waals surface area contributed by atoms with Crippen LogP contribution in [-0.4, -0.2) is 35.3 Å². The fourth-order valence-corrected chi connectivity index (χ4v) is 1.92. The molecule has 0 fully saturated rings. The van der Waals surface area contributed by atoms with Crippen molar-refractivity contribution in [2.24, 2.45) is 0 Å². The molecule has 0 radical (unpaired) electrons. The lowest BCUT2D eigenvalue weighted by Gasteiger charge is -2.25. The Kier molecular flexibility index (Phi) is 5.47. The zero-order valence-corrected chi connectivity index (χ0v) is 13.3. The van der Waals surface area contributed by atoms with E-state index in [-0.39, 0.29) is 23.6 Å². The molecule has 0 aliphatic carbocycles. The number of benzene rings is 1. The van der Waals surface area contributed by atoms with E-state index in [1.165, 1.54) is 17.0 Å². The van der Waals surface area contributed by atoms with Crippen LogP contribution in [-0.2, 0) is 4.79 Å². The van der Waals surface area contributed by atoms with Crippen LogP contribution in [0.15, 0.2) is 18.2 Å². The van der Waals surface area contributed by atoms with Crippen LogP contribution in [0.3, 0.4) is 0 Å². The lowest BCUT2D eigenvalue weighted by Crippen LogP contribution is -2.47. The number of hydrogen-bond donors (Lipinski definition) is 1. The number of likely N-dealkylation sites (N-methyl/N-ethyl adjacent to an activating group) is 1. The van der Waals surface area contributed by atoms with Gasteiger partial charge in [-0.05, 0) is 52.3 Å². The molecule has 0 unspecified atom stereocenters. The van der Waals surface area contributed by atoms with E-state index >= 15 is 0 Å². The van der Waals surface area contributed by atoms with Crippen LogP contribution < -0.4 is 5.32 Å². The topological polar surface area (TPSA) is 49.4 Å². The van der Waals surface area contributed by atoms with Gasteiger partial charge in [0.2, 0.25) is 5.91 Å². The van der Waals surface area contributed by atoms with Crippen LogP contribution in [0.1, 0.15) is 43.6 Å². The van der Waals surface area contributed by atoms with E-state index in [2.05, 4.69) is 5.32 Å². The smallest absolute Gasteiger partial charge is 0.257 e. The number of nitrogens with zero attached hydrogens (tertiary/aromatic N) is 1. The number of rotatable bonds is 4. The summed E-state index contributed by atoms with van der Waals surface area (Å²) in [6.45, 7) is 9.36. The number of nitrogens with one attached hydrogen (secondary N) is 1. The molecule has 0 saturated heterocycles. The van der Waals surface area contributed by atoms with Crippen molar-refractivity contribution >= 4 is 11.8 Å². The lowest BCUT2D eigenvalue weighted by atomic mass is 10.1. The van der Waals surface area contributed by atoms with E-state index in [4.69, 9.17) is 0 Å². The van der Waals surface area contributed by atoms with Gasteiger partial charge in [0.25, 0.3) is 5.91 Å². The maximum absolute atomic E-state index is 13.9. The van der Waals surface area contributed by atoms with Crippen molar-refractivity contribution in [3.8, 4) is 0 Å². The van der Waals surface area contributed by atoms with Crippen LogP contribution in [0.2, 0.25) is 0 Å². The molecule has 116 valence electrons. The van der Waals surface area contributed by atoms with Gasteiger partial charge in [0.15, 0.2) is 0 Å². The predicted octanol–water partition coefficient (Wildman–Crippen LogP) is 2.51. The van der Waals surface area contributed by atoms with Crippen molar-refractivity contribution < 1.29 is 14.0 Å². The molecule has 1 N–H and O–H groups in total. The molecule has 21 heavy (non-hydrogen) atoms. The van der Waals surface area contributed by atoms with Crippen molar-refractivity contribution in [2.75, 3.05) is 13.1 Å². The van der Waals surface area contributed by atoms with Gasteiger partial charge in [0.05, 0.1) is 12.1 Å². The maximum atomic E-state index is 13.9. The minimum absolute atomic E-state index is 0.00833. The summed E-state index contributed by atoms with van der Waals surface area (Å²) in [7, 11) is 0. The minimum Gasteiger partial charge on any atom is -0.350 e. The minimum atomic E-state index is -0.560. The second kappa shape index (κ2) is 6.70. The summed E-state index contributed by atoms with van der Waals surface area (Å²) in [5.74, 6) is -1.29. The Balaban J connectivity index is 2.84. The van der Waals surface area contributed by atoms with E-state index in [0.29, 0.717) is 6.54 Å². The molecule has 0 aliphatic heterocycles. The van der Waals surface area contributed by atoms with E-state index in [0.717, 1.165) is 5.56 Å². The van der Waals surface area contributed by atoms with Gasteiger partial charge in [-0.15, -0.1) is 0 Å². The Hall–Kier alpha value is -1.91. The summed E-state index contributed by atoms with van der Waals surface area (Å²) in [5.41, 5.74) is 0.373. The fraction of sp³-hybridized carbons (Fsp3) is 0.500. The van der Waals surface area contributed by atoms with Crippen LogP contribution in [0.25, 0.3) is 0 Å². The van der Waals surface area contributed by atoms with Crippen LogP contribution in [0.4, 0.5) is 4.39 Å². The molecule has 0 saturated carbocycles. The molecule has 5 heteroatoms. The van der Waals surface area contributed by atoms with Gasteiger partial charge >= 0.3 is 0 Å². The molecule has 1 rings (SSSR count). The first-order valence-corrected chi connectivity index (χ1v) is 7.00. The first kappa shape index (κ1) is 17.1. The zero-order valence-electron chi connectivity index (χ0n) is 13.3. The van der Waals surface area contributed by atoms with Crippen LogP contribution in [0, 0.1) is 12.7 Å². The van der Waals surface area contributed by atoms with Crippen molar-refractivity contribution in [1.29, 1.82) is 0 Å². The number of halogens is 1. The molecular formula is C16H23FN2O2. The highest BCUT2D eigenvalue weighted by atomic mass is 19.1. The Morgan fingerprint density at radius 2 is 1.90 bits per heavy atom. The summed E-state index contributed by atoms with van der Waals surface area (Å²) < 4.78 is 13.9. The molecule has 0 aromatic heterocycles. The first-order valence-electron chi connectivity index (χ1n) is 7.00. The van der Waals surface area contributed by atoms with E-state index in [9.17, 15) is 14.0 Å². The summed E-state index contributed by atoms with van der Waals surface area (Å²) in [6.07, 6.45) is 0. The standard InChI is InChI=1S/C16H23FN2O2/c1-6-19(10-14(20)18-16(3,4)5)15(21)12-8-7-11(2)9-13(12)17/h7-9H,6,10H2,1-5H3,(H,18,20).